The molecule has 3 rings (SSSR count). The second-order valence-corrected chi connectivity index (χ2v) is 8.25. The number of aryl methyl sites for hydroxylation is 1. The van der Waals surface area contributed by atoms with Gasteiger partial charge in [-0.1, -0.05) is 29.8 Å². The van der Waals surface area contributed by atoms with E-state index >= 15 is 0 Å². The van der Waals surface area contributed by atoms with Crippen molar-refractivity contribution in [2.24, 2.45) is 0 Å². The Balaban J connectivity index is 1.71. The predicted octanol–water partition coefficient (Wildman–Crippen LogP) is 3.82. The number of carbonyl (C=O) groups is 1. The van der Waals surface area contributed by atoms with E-state index in [9.17, 15) is 13.2 Å². The van der Waals surface area contributed by atoms with Crippen LogP contribution in [0.5, 0.6) is 11.5 Å². The number of amides is 1. The van der Waals surface area contributed by atoms with Crippen LogP contribution in [0.1, 0.15) is 18.9 Å². The van der Waals surface area contributed by atoms with Crippen molar-refractivity contribution in [2.45, 2.75) is 25.2 Å². The van der Waals surface area contributed by atoms with Gasteiger partial charge in [-0.05, 0) is 60.5 Å². The highest BCUT2D eigenvalue weighted by Gasteiger charge is 2.16. The number of ether oxygens (including phenoxy) is 1. The third-order valence-corrected chi connectivity index (χ3v) is 5.52. The molecule has 0 spiro atoms. The Hall–Kier alpha value is -3.06. The van der Waals surface area contributed by atoms with Gasteiger partial charge in [-0.3, -0.25) is 4.79 Å². The van der Waals surface area contributed by atoms with E-state index in [-0.39, 0.29) is 16.6 Å². The highest BCUT2D eigenvalue weighted by atomic mass is 32.2. The first kappa shape index (κ1) is 20.7. The number of nitrogens with one attached hydrogen (secondary N) is 1. The van der Waals surface area contributed by atoms with Crippen molar-refractivity contribution in [1.82, 2.24) is 5.32 Å². The zero-order valence-electron chi connectivity index (χ0n) is 16.3. The lowest BCUT2D eigenvalue weighted by molar-refractivity contribution is -0.118. The molecule has 6 nitrogen and oxygen atoms in total. The van der Waals surface area contributed by atoms with Gasteiger partial charge in [-0.15, -0.1) is 0 Å². The molecule has 0 saturated heterocycles. The monoisotopic (exact) mass is 413 g/mol. The maximum atomic E-state index is 12.5. The second-order valence-electron chi connectivity index (χ2n) is 6.71. The molecule has 0 aromatic heterocycles. The summed E-state index contributed by atoms with van der Waals surface area (Å²) >= 11 is 0. The van der Waals surface area contributed by atoms with E-state index in [0.717, 1.165) is 16.3 Å². The number of fused-ring (bicyclic) bond motifs is 1. The molecule has 3 aromatic carbocycles. The van der Waals surface area contributed by atoms with Crippen LogP contribution in [0.25, 0.3) is 10.8 Å². The van der Waals surface area contributed by atoms with E-state index in [4.69, 9.17) is 8.92 Å². The smallest absolute Gasteiger partial charge is 0.339 e. The first-order valence-corrected chi connectivity index (χ1v) is 10.7. The molecule has 152 valence electrons. The van der Waals surface area contributed by atoms with Crippen LogP contribution in [0.15, 0.2) is 65.6 Å². The van der Waals surface area contributed by atoms with E-state index in [0.29, 0.717) is 25.3 Å². The van der Waals surface area contributed by atoms with Crippen molar-refractivity contribution in [3.8, 4) is 11.5 Å². The van der Waals surface area contributed by atoms with E-state index in [1.165, 1.54) is 19.1 Å². The Labute approximate surface area is 170 Å². The lowest BCUT2D eigenvalue weighted by atomic mass is 10.1. The van der Waals surface area contributed by atoms with Crippen LogP contribution in [-0.2, 0) is 14.9 Å². The zero-order chi connectivity index (χ0) is 20.9. The molecule has 1 amide bonds. The molecular weight excluding hydrogens is 390 g/mol. The fraction of sp³-hybridized carbons (Fsp3) is 0.227. The summed E-state index contributed by atoms with van der Waals surface area (Å²) in [4.78, 5) is 11.0. The van der Waals surface area contributed by atoms with E-state index in [1.807, 2.05) is 25.1 Å². The fourth-order valence-corrected chi connectivity index (χ4v) is 3.67. The lowest BCUT2D eigenvalue weighted by Gasteiger charge is -2.10. The predicted molar refractivity (Wildman–Crippen MR) is 112 cm³/mol. The van der Waals surface area contributed by atoms with Gasteiger partial charge in [0.15, 0.2) is 0 Å². The minimum absolute atomic E-state index is 0.0659. The molecule has 0 atom stereocenters. The van der Waals surface area contributed by atoms with Crippen molar-refractivity contribution in [3.05, 3.63) is 66.2 Å². The average molecular weight is 413 g/mol. The largest absolute Gasteiger partial charge is 0.494 e. The topological polar surface area (TPSA) is 81.7 Å². The molecule has 0 radical (unpaired) electrons. The first-order chi connectivity index (χ1) is 13.8. The lowest BCUT2D eigenvalue weighted by Crippen LogP contribution is -2.22. The van der Waals surface area contributed by atoms with Gasteiger partial charge in [0.25, 0.3) is 0 Å². The van der Waals surface area contributed by atoms with Gasteiger partial charge in [-0.2, -0.15) is 8.42 Å². The summed E-state index contributed by atoms with van der Waals surface area (Å²) in [6, 6.07) is 17.2. The summed E-state index contributed by atoms with van der Waals surface area (Å²) in [7, 11) is -3.90. The van der Waals surface area contributed by atoms with Crippen molar-refractivity contribution in [2.75, 3.05) is 13.2 Å². The standard InChI is InChI=1S/C22H23NO5S/c1-16-4-10-22(11-5-16)29(25,26)28-21-9-7-18-6-8-20(14-19(18)15-21)27-13-3-12-23-17(2)24/h4-11,14-15H,3,12-13H2,1-2H3,(H,23,24). The molecule has 0 aliphatic heterocycles. The summed E-state index contributed by atoms with van der Waals surface area (Å²) in [5.41, 5.74) is 0.972. The highest BCUT2D eigenvalue weighted by Crippen LogP contribution is 2.27. The van der Waals surface area contributed by atoms with Crippen molar-refractivity contribution < 1.29 is 22.1 Å². The Kier molecular flexibility index (Phi) is 6.39. The van der Waals surface area contributed by atoms with E-state index in [2.05, 4.69) is 5.32 Å². The maximum absolute atomic E-state index is 12.5. The van der Waals surface area contributed by atoms with Gasteiger partial charge in [0.2, 0.25) is 5.91 Å². The Bertz CT molecular complexity index is 1110. The summed E-state index contributed by atoms with van der Waals surface area (Å²) in [5, 5.41) is 4.46. The molecule has 0 bridgehead atoms. The van der Waals surface area contributed by atoms with Gasteiger partial charge >= 0.3 is 10.1 Å². The second kappa shape index (κ2) is 8.96. The quantitative estimate of drug-likeness (QED) is 0.448. The first-order valence-electron chi connectivity index (χ1n) is 9.26. The van der Waals surface area contributed by atoms with Crippen LogP contribution in [-0.4, -0.2) is 27.5 Å². The SMILES string of the molecule is CC(=O)NCCCOc1ccc2ccc(OS(=O)(=O)c3ccc(C)cc3)cc2c1. The molecule has 0 heterocycles. The molecular formula is C22H23NO5S. The van der Waals surface area contributed by atoms with Gasteiger partial charge in [0, 0.05) is 13.5 Å². The maximum Gasteiger partial charge on any atom is 0.339 e. The Morgan fingerprint density at radius 2 is 1.59 bits per heavy atom. The Morgan fingerprint density at radius 1 is 0.931 bits per heavy atom. The van der Waals surface area contributed by atoms with Crippen LogP contribution in [0.3, 0.4) is 0 Å². The van der Waals surface area contributed by atoms with Crippen molar-refractivity contribution in [3.63, 3.8) is 0 Å². The summed E-state index contributed by atoms with van der Waals surface area (Å²) in [6.07, 6.45) is 0.690. The third-order valence-electron chi connectivity index (χ3n) is 4.26. The van der Waals surface area contributed by atoms with Gasteiger partial charge in [-0.25, -0.2) is 0 Å². The molecule has 0 fully saturated rings. The molecule has 0 aliphatic rings. The van der Waals surface area contributed by atoms with E-state index < -0.39 is 10.1 Å². The minimum atomic E-state index is -3.90. The highest BCUT2D eigenvalue weighted by molar-refractivity contribution is 7.87. The summed E-state index contributed by atoms with van der Waals surface area (Å²) < 4.78 is 36.0. The van der Waals surface area contributed by atoms with Crippen LogP contribution in [0.4, 0.5) is 0 Å². The third kappa shape index (κ3) is 5.71. The average Bonchev–Trinajstić information content (AvgIpc) is 2.67. The molecule has 29 heavy (non-hydrogen) atoms. The minimum Gasteiger partial charge on any atom is -0.494 e. The fourth-order valence-electron chi connectivity index (χ4n) is 2.75. The van der Waals surface area contributed by atoms with E-state index in [1.54, 1.807) is 30.3 Å². The number of hydrogen-bond acceptors (Lipinski definition) is 5. The van der Waals surface area contributed by atoms with Gasteiger partial charge < -0.3 is 14.2 Å². The number of benzene rings is 3. The molecule has 3 aromatic rings. The molecule has 0 saturated carbocycles. The van der Waals surface area contributed by atoms with Gasteiger partial charge in [0.05, 0.1) is 6.61 Å². The summed E-state index contributed by atoms with van der Waals surface area (Å²) in [5.74, 6) is 0.837. The number of carbonyl (C=O) groups excluding carboxylic acids is 1. The van der Waals surface area contributed by atoms with Crippen LogP contribution >= 0.6 is 0 Å². The zero-order valence-corrected chi connectivity index (χ0v) is 17.2. The van der Waals surface area contributed by atoms with Gasteiger partial charge in [0.1, 0.15) is 16.4 Å². The molecule has 0 unspecified atom stereocenters. The number of rotatable bonds is 8. The number of hydrogen-bond donors (Lipinski definition) is 1. The van der Waals surface area contributed by atoms with Crippen molar-refractivity contribution >= 4 is 26.8 Å². The molecule has 7 heteroatoms. The molecule has 1 N–H and O–H groups in total. The summed E-state index contributed by atoms with van der Waals surface area (Å²) in [6.45, 7) is 4.38. The van der Waals surface area contributed by atoms with Crippen LogP contribution < -0.4 is 14.2 Å². The van der Waals surface area contributed by atoms with Crippen LogP contribution in [0.2, 0.25) is 0 Å². The normalized spacial score (nSPS) is 11.2. The van der Waals surface area contributed by atoms with Crippen LogP contribution in [0, 0.1) is 6.92 Å². The Morgan fingerprint density at radius 3 is 2.28 bits per heavy atom. The van der Waals surface area contributed by atoms with Crippen molar-refractivity contribution in [1.29, 1.82) is 0 Å². The molecule has 0 aliphatic carbocycles.